The number of hydrogen-bond donors (Lipinski definition) is 0. The summed E-state index contributed by atoms with van der Waals surface area (Å²) in [7, 11) is 0. The van der Waals surface area contributed by atoms with E-state index in [0.717, 1.165) is 0 Å². The van der Waals surface area contributed by atoms with Gasteiger partial charge in [0.15, 0.2) is 0 Å². The Balaban J connectivity index is 1.65. The summed E-state index contributed by atoms with van der Waals surface area (Å²) in [5.74, 6) is 0. The van der Waals surface area contributed by atoms with Crippen molar-refractivity contribution in [2.75, 3.05) is 19.6 Å². The first-order valence-corrected chi connectivity index (χ1v) is 15.7. The van der Waals surface area contributed by atoms with Crippen molar-refractivity contribution in [2.24, 2.45) is 0 Å². The normalized spacial score (nSPS) is 21.6. The second kappa shape index (κ2) is 22.6. The van der Waals surface area contributed by atoms with Crippen molar-refractivity contribution in [2.45, 2.75) is 154 Å². The van der Waals surface area contributed by atoms with E-state index in [9.17, 15) is 0 Å². The molecule has 1 heterocycles. The zero-order valence-corrected chi connectivity index (χ0v) is 22.9. The molecule has 0 bridgehead atoms. The van der Waals surface area contributed by atoms with E-state index in [1.807, 2.05) is 0 Å². The van der Waals surface area contributed by atoms with Crippen molar-refractivity contribution < 1.29 is 0 Å². The molecule has 0 aliphatic carbocycles. The molecule has 196 valence electrons. The number of rotatable bonds is 3. The molecule has 0 amide bonds. The van der Waals surface area contributed by atoms with Crippen molar-refractivity contribution in [1.82, 2.24) is 4.90 Å². The standard InChI is InChI=1S/C33H59N/c1-2-4-6-8-10-12-14-16-18-20-25-30-34(32-29-33-27-23-22-24-28-33)31-26-21-19-17-15-13-11-9-7-5-3-1/h22-24,27-28H,1-21,25-26,29-32H2. The molecule has 0 aromatic heterocycles. The summed E-state index contributed by atoms with van der Waals surface area (Å²) in [5.41, 5.74) is 1.50. The van der Waals surface area contributed by atoms with E-state index in [1.165, 1.54) is 179 Å². The molecule has 1 fully saturated rings. The third-order valence-electron chi connectivity index (χ3n) is 8.01. The third kappa shape index (κ3) is 17.6. The van der Waals surface area contributed by atoms with Crippen molar-refractivity contribution >= 4 is 0 Å². The number of nitrogens with zero attached hydrogens (tertiary/aromatic N) is 1. The van der Waals surface area contributed by atoms with Crippen LogP contribution < -0.4 is 0 Å². The minimum absolute atomic E-state index is 1.21. The van der Waals surface area contributed by atoms with Gasteiger partial charge < -0.3 is 4.90 Å². The highest BCUT2D eigenvalue weighted by molar-refractivity contribution is 5.14. The molecular weight excluding hydrogens is 410 g/mol. The molecule has 34 heavy (non-hydrogen) atoms. The predicted molar refractivity (Wildman–Crippen MR) is 153 cm³/mol. The lowest BCUT2D eigenvalue weighted by Gasteiger charge is -2.22. The first-order chi connectivity index (χ1) is 16.9. The third-order valence-corrected chi connectivity index (χ3v) is 8.01. The average Bonchev–Trinajstić information content (AvgIpc) is 2.86. The van der Waals surface area contributed by atoms with Gasteiger partial charge in [0.2, 0.25) is 0 Å². The van der Waals surface area contributed by atoms with Gasteiger partial charge in [-0.2, -0.15) is 0 Å². The van der Waals surface area contributed by atoms with Gasteiger partial charge >= 0.3 is 0 Å². The summed E-state index contributed by atoms with van der Waals surface area (Å²) >= 11 is 0. The van der Waals surface area contributed by atoms with Gasteiger partial charge in [0.25, 0.3) is 0 Å². The highest BCUT2D eigenvalue weighted by Crippen LogP contribution is 2.16. The Morgan fingerprint density at radius 3 is 1.00 bits per heavy atom. The molecule has 0 unspecified atom stereocenters. The van der Waals surface area contributed by atoms with E-state index >= 15 is 0 Å². The van der Waals surface area contributed by atoms with Crippen LogP contribution in [0.2, 0.25) is 0 Å². The lowest BCUT2D eigenvalue weighted by atomic mass is 10.0. The van der Waals surface area contributed by atoms with Gasteiger partial charge in [-0.15, -0.1) is 0 Å². The zero-order valence-electron chi connectivity index (χ0n) is 22.9. The van der Waals surface area contributed by atoms with Crippen LogP contribution in [0.5, 0.6) is 0 Å². The van der Waals surface area contributed by atoms with Crippen LogP contribution in [0.3, 0.4) is 0 Å². The van der Waals surface area contributed by atoms with Crippen LogP contribution in [0, 0.1) is 0 Å². The zero-order chi connectivity index (χ0) is 23.8. The Labute approximate surface area is 214 Å². The number of benzene rings is 1. The first kappa shape index (κ1) is 29.4. The Morgan fingerprint density at radius 1 is 0.382 bits per heavy atom. The van der Waals surface area contributed by atoms with Gasteiger partial charge in [0, 0.05) is 6.54 Å². The van der Waals surface area contributed by atoms with Crippen LogP contribution >= 0.6 is 0 Å². The van der Waals surface area contributed by atoms with E-state index in [4.69, 9.17) is 0 Å². The van der Waals surface area contributed by atoms with E-state index in [2.05, 4.69) is 35.2 Å². The second-order valence-electron chi connectivity index (χ2n) is 11.2. The van der Waals surface area contributed by atoms with Crippen LogP contribution in [0.15, 0.2) is 30.3 Å². The van der Waals surface area contributed by atoms with E-state index in [1.54, 1.807) is 0 Å². The van der Waals surface area contributed by atoms with Gasteiger partial charge in [-0.3, -0.25) is 0 Å². The van der Waals surface area contributed by atoms with Crippen LogP contribution in [-0.4, -0.2) is 24.5 Å². The summed E-state index contributed by atoms with van der Waals surface area (Å²) in [5, 5.41) is 0. The van der Waals surface area contributed by atoms with E-state index in [-0.39, 0.29) is 0 Å². The lowest BCUT2D eigenvalue weighted by molar-refractivity contribution is 0.263. The molecule has 0 spiro atoms. The Kier molecular flexibility index (Phi) is 19.6. The molecule has 1 heteroatoms. The molecule has 2 rings (SSSR count). The Hall–Kier alpha value is -0.820. The molecule has 1 aromatic carbocycles. The molecule has 1 aromatic rings. The molecule has 1 aliphatic heterocycles. The highest BCUT2D eigenvalue weighted by atomic mass is 15.1. The van der Waals surface area contributed by atoms with Crippen molar-refractivity contribution in [3.05, 3.63) is 35.9 Å². The van der Waals surface area contributed by atoms with Gasteiger partial charge in [-0.05, 0) is 37.9 Å². The van der Waals surface area contributed by atoms with Gasteiger partial charge in [-0.1, -0.05) is 165 Å². The summed E-state index contributed by atoms with van der Waals surface area (Å²) in [4.78, 5) is 2.77. The largest absolute Gasteiger partial charge is 0.303 e. The average molecular weight is 470 g/mol. The molecule has 0 N–H and O–H groups in total. The Morgan fingerprint density at radius 2 is 0.676 bits per heavy atom. The van der Waals surface area contributed by atoms with Crippen molar-refractivity contribution in [1.29, 1.82) is 0 Å². The lowest BCUT2D eigenvalue weighted by Crippen LogP contribution is -2.28. The van der Waals surface area contributed by atoms with E-state index in [0.29, 0.717) is 0 Å². The predicted octanol–water partition coefficient (Wildman–Crippen LogP) is 10.5. The van der Waals surface area contributed by atoms with Crippen LogP contribution in [-0.2, 0) is 6.42 Å². The summed E-state index contributed by atoms with van der Waals surface area (Å²) in [6, 6.07) is 11.1. The summed E-state index contributed by atoms with van der Waals surface area (Å²) < 4.78 is 0. The van der Waals surface area contributed by atoms with Gasteiger partial charge in [-0.25, -0.2) is 0 Å². The molecule has 1 saturated heterocycles. The van der Waals surface area contributed by atoms with Crippen molar-refractivity contribution in [3.63, 3.8) is 0 Å². The minimum Gasteiger partial charge on any atom is -0.303 e. The van der Waals surface area contributed by atoms with Gasteiger partial charge in [0.1, 0.15) is 0 Å². The molecule has 0 radical (unpaired) electrons. The summed E-state index contributed by atoms with van der Waals surface area (Å²) in [6.07, 6.45) is 34.9. The van der Waals surface area contributed by atoms with Crippen LogP contribution in [0.1, 0.15) is 153 Å². The maximum absolute atomic E-state index is 2.77. The summed E-state index contributed by atoms with van der Waals surface area (Å²) in [6.45, 7) is 3.86. The molecule has 1 aliphatic rings. The number of hydrogen-bond acceptors (Lipinski definition) is 1. The topological polar surface area (TPSA) is 3.24 Å². The van der Waals surface area contributed by atoms with Gasteiger partial charge in [0.05, 0.1) is 0 Å². The van der Waals surface area contributed by atoms with E-state index < -0.39 is 0 Å². The monoisotopic (exact) mass is 469 g/mol. The van der Waals surface area contributed by atoms with Crippen LogP contribution in [0.4, 0.5) is 0 Å². The second-order valence-corrected chi connectivity index (χ2v) is 11.2. The molecule has 1 nitrogen and oxygen atoms in total. The minimum atomic E-state index is 1.21. The molecular formula is C33H59N. The highest BCUT2D eigenvalue weighted by Gasteiger charge is 2.06. The smallest absolute Gasteiger partial charge is 0.00218 e. The fourth-order valence-corrected chi connectivity index (χ4v) is 5.65. The molecule has 0 saturated carbocycles. The quantitative estimate of drug-likeness (QED) is 0.425. The van der Waals surface area contributed by atoms with Crippen molar-refractivity contribution in [3.8, 4) is 0 Å². The fourth-order valence-electron chi connectivity index (χ4n) is 5.65. The fraction of sp³-hybridized carbons (Fsp3) is 0.818. The van der Waals surface area contributed by atoms with Crippen LogP contribution in [0.25, 0.3) is 0 Å². The maximum atomic E-state index is 2.77. The maximum Gasteiger partial charge on any atom is 0.00218 e. The molecule has 0 atom stereocenters. The SMILES string of the molecule is c1ccc(CCN2CCCCCCCCCCCCCCCCCCCCCCCCC2)cc1. The Bertz CT molecular complexity index is 499. The first-order valence-electron chi connectivity index (χ1n) is 15.7.